The summed E-state index contributed by atoms with van der Waals surface area (Å²) >= 11 is 0. The van der Waals surface area contributed by atoms with E-state index in [2.05, 4.69) is 22.8 Å². The fourth-order valence-corrected chi connectivity index (χ4v) is 4.45. The molecular weight excluding hydrogens is 464 g/mol. The van der Waals surface area contributed by atoms with Gasteiger partial charge in [-0.1, -0.05) is 48.5 Å². The summed E-state index contributed by atoms with van der Waals surface area (Å²) in [6.45, 7) is 1.77. The van der Waals surface area contributed by atoms with Crippen LogP contribution < -0.4 is 16.4 Å². The first kappa shape index (κ1) is 24.8. The smallest absolute Gasteiger partial charge is 0.410 e. The summed E-state index contributed by atoms with van der Waals surface area (Å²) in [5, 5.41) is 6.49. The van der Waals surface area contributed by atoms with Gasteiger partial charge in [0, 0.05) is 31.1 Å². The van der Waals surface area contributed by atoms with E-state index in [4.69, 9.17) is 10.5 Å². The Kier molecular flexibility index (Phi) is 7.42. The number of carbonyl (C=O) groups is 2. The molecule has 2 saturated carbocycles. The van der Waals surface area contributed by atoms with Gasteiger partial charge in [-0.15, -0.1) is 0 Å². The Morgan fingerprint density at radius 3 is 2.38 bits per heavy atom. The zero-order valence-corrected chi connectivity index (χ0v) is 21.2. The molecule has 0 heterocycles. The molecule has 2 amide bonds. The summed E-state index contributed by atoms with van der Waals surface area (Å²) in [5.74, 6) is 1.27. The average molecular weight is 499 g/mol. The number of para-hydroxylation sites is 2. The fraction of sp³-hybridized carbons (Fsp3) is 0.333. The van der Waals surface area contributed by atoms with Crippen molar-refractivity contribution in [2.75, 3.05) is 24.6 Å². The fourth-order valence-electron chi connectivity index (χ4n) is 4.45. The standard InChI is InChI=1S/C30H34N4O3/c1-34(18-21-8-14-24(15-9-21)29(35)33-27-5-3-2-4-26(27)31)30(36)37-19-22-10-12-23(13-11-22)25-16-28(25)32-17-20-6-7-20/h2-5,8-15,20,25,28,32H,6-7,16-19,31H2,1H3,(H,33,35)/t25?,28-/m0/s1. The van der Waals surface area contributed by atoms with E-state index in [1.807, 2.05) is 36.4 Å². The van der Waals surface area contributed by atoms with E-state index in [1.165, 1.54) is 29.7 Å². The van der Waals surface area contributed by atoms with Crippen molar-refractivity contribution < 1.29 is 14.3 Å². The van der Waals surface area contributed by atoms with Gasteiger partial charge in [0.15, 0.2) is 0 Å². The number of amides is 2. The Hall–Kier alpha value is -3.84. The molecule has 0 saturated heterocycles. The van der Waals surface area contributed by atoms with Crippen molar-refractivity contribution >= 4 is 23.4 Å². The number of ether oxygens (including phenoxy) is 1. The van der Waals surface area contributed by atoms with Crippen molar-refractivity contribution in [3.05, 3.63) is 95.1 Å². The number of benzene rings is 3. The second-order valence-corrected chi connectivity index (χ2v) is 10.2. The maximum atomic E-state index is 12.5. The number of hydrogen-bond donors (Lipinski definition) is 3. The minimum atomic E-state index is -0.392. The van der Waals surface area contributed by atoms with Crippen molar-refractivity contribution in [3.63, 3.8) is 0 Å². The second-order valence-electron chi connectivity index (χ2n) is 10.2. The summed E-state index contributed by atoms with van der Waals surface area (Å²) in [7, 11) is 1.70. The average Bonchev–Trinajstić information content (AvgIpc) is 3.84. The maximum Gasteiger partial charge on any atom is 0.410 e. The minimum Gasteiger partial charge on any atom is -0.445 e. The molecule has 7 nitrogen and oxygen atoms in total. The summed E-state index contributed by atoms with van der Waals surface area (Å²) in [6, 6.07) is 23.3. The zero-order valence-electron chi connectivity index (χ0n) is 21.2. The molecular formula is C30H34N4O3. The van der Waals surface area contributed by atoms with E-state index in [1.54, 1.807) is 31.3 Å². The van der Waals surface area contributed by atoms with E-state index >= 15 is 0 Å². The third kappa shape index (κ3) is 6.68. The van der Waals surface area contributed by atoms with Crippen LogP contribution in [0.25, 0.3) is 0 Å². The molecule has 2 fully saturated rings. The molecule has 2 atom stereocenters. The number of nitrogens with two attached hydrogens (primary N) is 1. The molecule has 0 spiro atoms. The van der Waals surface area contributed by atoms with Crippen molar-refractivity contribution in [2.24, 2.45) is 5.92 Å². The molecule has 2 aliphatic carbocycles. The van der Waals surface area contributed by atoms with Crippen LogP contribution in [0.15, 0.2) is 72.8 Å². The molecule has 37 heavy (non-hydrogen) atoms. The van der Waals surface area contributed by atoms with Gasteiger partial charge in [-0.2, -0.15) is 0 Å². The Morgan fingerprint density at radius 2 is 1.68 bits per heavy atom. The van der Waals surface area contributed by atoms with Crippen LogP contribution in [-0.2, 0) is 17.9 Å². The number of hydrogen-bond acceptors (Lipinski definition) is 5. The summed E-state index contributed by atoms with van der Waals surface area (Å²) in [4.78, 5) is 26.5. The first-order chi connectivity index (χ1) is 18.0. The molecule has 1 unspecified atom stereocenters. The van der Waals surface area contributed by atoms with Crippen LogP contribution in [0.5, 0.6) is 0 Å². The number of nitrogens with zero attached hydrogens (tertiary/aromatic N) is 1. The first-order valence-corrected chi connectivity index (χ1v) is 12.9. The predicted molar refractivity (Wildman–Crippen MR) is 145 cm³/mol. The highest BCUT2D eigenvalue weighted by Crippen LogP contribution is 2.41. The van der Waals surface area contributed by atoms with Crippen LogP contribution in [0, 0.1) is 5.92 Å². The topological polar surface area (TPSA) is 96.7 Å². The highest BCUT2D eigenvalue weighted by Gasteiger charge is 2.38. The third-order valence-electron chi connectivity index (χ3n) is 7.08. The van der Waals surface area contributed by atoms with Crippen LogP contribution in [0.2, 0.25) is 0 Å². The molecule has 2 aliphatic rings. The maximum absolute atomic E-state index is 12.5. The number of nitrogens with one attached hydrogen (secondary N) is 2. The summed E-state index contributed by atoms with van der Waals surface area (Å²) < 4.78 is 5.51. The Balaban J connectivity index is 1.05. The van der Waals surface area contributed by atoms with Gasteiger partial charge in [-0.05, 0) is 72.7 Å². The van der Waals surface area contributed by atoms with Crippen molar-refractivity contribution in [1.29, 1.82) is 0 Å². The molecule has 0 bridgehead atoms. The van der Waals surface area contributed by atoms with Gasteiger partial charge < -0.3 is 26.0 Å². The van der Waals surface area contributed by atoms with E-state index < -0.39 is 6.09 Å². The number of rotatable bonds is 10. The highest BCUT2D eigenvalue weighted by atomic mass is 16.6. The van der Waals surface area contributed by atoms with Gasteiger partial charge in [0.25, 0.3) is 5.91 Å². The van der Waals surface area contributed by atoms with E-state index in [-0.39, 0.29) is 12.5 Å². The number of nitrogen functional groups attached to an aromatic ring is 1. The predicted octanol–water partition coefficient (Wildman–Crippen LogP) is 5.15. The third-order valence-corrected chi connectivity index (χ3v) is 7.08. The van der Waals surface area contributed by atoms with E-state index in [0.29, 0.717) is 35.4 Å². The molecule has 3 aromatic carbocycles. The minimum absolute atomic E-state index is 0.235. The molecule has 7 heteroatoms. The van der Waals surface area contributed by atoms with Crippen molar-refractivity contribution in [2.45, 2.75) is 44.4 Å². The van der Waals surface area contributed by atoms with Crippen LogP contribution in [0.4, 0.5) is 16.2 Å². The SMILES string of the molecule is CN(Cc1ccc(C(=O)Nc2ccccc2N)cc1)C(=O)OCc1ccc(C2C[C@@H]2NCC2CC2)cc1. The van der Waals surface area contributed by atoms with Crippen LogP contribution in [-0.4, -0.2) is 36.5 Å². The van der Waals surface area contributed by atoms with E-state index in [0.717, 1.165) is 23.6 Å². The normalized spacial score (nSPS) is 18.2. The van der Waals surface area contributed by atoms with Gasteiger partial charge in [-0.3, -0.25) is 4.79 Å². The lowest BCUT2D eigenvalue weighted by Gasteiger charge is -2.17. The van der Waals surface area contributed by atoms with Crippen molar-refractivity contribution in [1.82, 2.24) is 10.2 Å². The monoisotopic (exact) mass is 498 g/mol. The molecule has 3 aromatic rings. The lowest BCUT2D eigenvalue weighted by molar-refractivity contribution is 0.101. The molecule has 0 aromatic heterocycles. The zero-order chi connectivity index (χ0) is 25.8. The van der Waals surface area contributed by atoms with Crippen LogP contribution in [0.1, 0.15) is 52.2 Å². The van der Waals surface area contributed by atoms with E-state index in [9.17, 15) is 9.59 Å². The van der Waals surface area contributed by atoms with Gasteiger partial charge in [0.2, 0.25) is 0 Å². The largest absolute Gasteiger partial charge is 0.445 e. The Bertz CT molecular complexity index is 1240. The van der Waals surface area contributed by atoms with Crippen LogP contribution in [0.3, 0.4) is 0 Å². The van der Waals surface area contributed by atoms with Gasteiger partial charge >= 0.3 is 6.09 Å². The lowest BCUT2D eigenvalue weighted by atomic mass is 10.1. The summed E-state index contributed by atoms with van der Waals surface area (Å²) in [6.07, 6.45) is 3.57. The highest BCUT2D eigenvalue weighted by molar-refractivity contribution is 6.05. The lowest BCUT2D eigenvalue weighted by Crippen LogP contribution is -2.26. The summed E-state index contributed by atoms with van der Waals surface area (Å²) in [5.41, 5.74) is 10.7. The van der Waals surface area contributed by atoms with Gasteiger partial charge in [0.05, 0.1) is 11.4 Å². The van der Waals surface area contributed by atoms with Crippen molar-refractivity contribution in [3.8, 4) is 0 Å². The molecule has 4 N–H and O–H groups in total. The first-order valence-electron chi connectivity index (χ1n) is 12.9. The molecule has 192 valence electrons. The van der Waals surface area contributed by atoms with Gasteiger partial charge in [0.1, 0.15) is 6.61 Å². The number of anilines is 2. The molecule has 0 radical (unpaired) electrons. The Labute approximate surface area is 218 Å². The number of carbonyl (C=O) groups excluding carboxylic acids is 2. The van der Waals surface area contributed by atoms with Gasteiger partial charge in [-0.25, -0.2) is 4.79 Å². The quantitative estimate of drug-likeness (QED) is 0.336. The Morgan fingerprint density at radius 1 is 0.973 bits per heavy atom. The second kappa shape index (κ2) is 11.0. The van der Waals surface area contributed by atoms with Crippen LogP contribution >= 0.6 is 0 Å². The molecule has 5 rings (SSSR count). The molecule has 0 aliphatic heterocycles.